The van der Waals surface area contributed by atoms with Gasteiger partial charge in [0.2, 0.25) is 5.91 Å². The number of benzene rings is 1. The Bertz CT molecular complexity index is 1130. The van der Waals surface area contributed by atoms with Crippen LogP contribution in [0.4, 0.5) is 17.3 Å². The summed E-state index contributed by atoms with van der Waals surface area (Å²) in [6.07, 6.45) is 6.82. The van der Waals surface area contributed by atoms with Crippen molar-refractivity contribution in [2.75, 3.05) is 30.4 Å². The highest BCUT2D eigenvalue weighted by molar-refractivity contribution is 5.96. The Morgan fingerprint density at radius 1 is 1.25 bits per heavy atom. The molecule has 0 saturated carbocycles. The van der Waals surface area contributed by atoms with Crippen LogP contribution in [0.2, 0.25) is 0 Å². The summed E-state index contributed by atoms with van der Waals surface area (Å²) in [6.45, 7) is 4.75. The van der Waals surface area contributed by atoms with Crippen molar-refractivity contribution in [2.24, 2.45) is 5.73 Å². The quantitative estimate of drug-likeness (QED) is 0.529. The number of hydrogen-bond donors (Lipinski definition) is 2. The molecule has 1 fully saturated rings. The summed E-state index contributed by atoms with van der Waals surface area (Å²) < 4.78 is 0. The maximum Gasteiger partial charge on any atom is 0.271 e. The number of rotatable bonds is 7. The standard InChI is InChI=1S/C21H23N9O2/c1-3-18(31)29-11-8-16(13-29)28(2)17-12-23-19(20(22)32)21(27-17)26-14-4-6-15(7-5-14)30-24-9-10-25-30/h3-7,9-10,12,16H,1,8,11,13H2,2H3,(H2,22,32)(H,26,27)/t16-/m1/s1. The third kappa shape index (κ3) is 4.26. The van der Waals surface area contributed by atoms with Gasteiger partial charge in [-0.3, -0.25) is 9.59 Å². The van der Waals surface area contributed by atoms with E-state index >= 15 is 0 Å². The lowest BCUT2D eigenvalue weighted by Crippen LogP contribution is -2.36. The van der Waals surface area contributed by atoms with Crippen LogP contribution in [0.1, 0.15) is 16.9 Å². The number of carbonyl (C=O) groups excluding carboxylic acids is 2. The molecule has 4 rings (SSSR count). The van der Waals surface area contributed by atoms with E-state index in [4.69, 9.17) is 5.73 Å². The van der Waals surface area contributed by atoms with Gasteiger partial charge in [0, 0.05) is 31.9 Å². The number of carbonyl (C=O) groups is 2. The third-order valence-electron chi connectivity index (χ3n) is 5.33. The number of nitrogens with zero attached hydrogens (tertiary/aromatic N) is 7. The number of anilines is 3. The molecule has 32 heavy (non-hydrogen) atoms. The van der Waals surface area contributed by atoms with Crippen LogP contribution < -0.4 is 16.0 Å². The molecule has 164 valence electrons. The molecule has 3 N–H and O–H groups in total. The number of aromatic nitrogens is 5. The summed E-state index contributed by atoms with van der Waals surface area (Å²) in [5.74, 6) is 0.0407. The van der Waals surface area contributed by atoms with E-state index in [0.29, 0.717) is 24.6 Å². The Kier molecular flexibility index (Phi) is 5.79. The first kappa shape index (κ1) is 21.0. The zero-order chi connectivity index (χ0) is 22.7. The monoisotopic (exact) mass is 433 g/mol. The van der Waals surface area contributed by atoms with Crippen molar-refractivity contribution in [1.82, 2.24) is 29.9 Å². The SMILES string of the molecule is C=CC(=O)N1CC[C@@H](N(C)c2cnc(C(N)=O)c(Nc3ccc(-n4nccn4)cc3)n2)C1. The topological polar surface area (TPSA) is 135 Å². The van der Waals surface area contributed by atoms with E-state index in [-0.39, 0.29) is 23.5 Å². The second-order valence-corrected chi connectivity index (χ2v) is 7.32. The lowest BCUT2D eigenvalue weighted by atomic mass is 10.2. The third-order valence-corrected chi connectivity index (χ3v) is 5.33. The van der Waals surface area contributed by atoms with Crippen LogP contribution in [0.3, 0.4) is 0 Å². The van der Waals surface area contributed by atoms with Crippen LogP contribution in [0.25, 0.3) is 5.69 Å². The van der Waals surface area contributed by atoms with Crippen LogP contribution in [0.15, 0.2) is 55.5 Å². The molecule has 0 unspecified atom stereocenters. The summed E-state index contributed by atoms with van der Waals surface area (Å²) >= 11 is 0. The number of amides is 2. The van der Waals surface area contributed by atoms with Gasteiger partial charge >= 0.3 is 0 Å². The molecule has 1 saturated heterocycles. The Morgan fingerprint density at radius 3 is 2.62 bits per heavy atom. The van der Waals surface area contributed by atoms with Crippen LogP contribution >= 0.6 is 0 Å². The molecule has 2 amide bonds. The zero-order valence-electron chi connectivity index (χ0n) is 17.5. The Hall–Kier alpha value is -4.28. The molecule has 3 heterocycles. The number of hydrogen-bond acceptors (Lipinski definition) is 8. The molecule has 0 aliphatic carbocycles. The highest BCUT2D eigenvalue weighted by Gasteiger charge is 2.29. The molecule has 3 aromatic rings. The van der Waals surface area contributed by atoms with Gasteiger partial charge in [-0.05, 0) is 36.8 Å². The van der Waals surface area contributed by atoms with Crippen LogP contribution in [0.5, 0.6) is 0 Å². The molecule has 1 aliphatic heterocycles. The first-order valence-corrected chi connectivity index (χ1v) is 10.0. The van der Waals surface area contributed by atoms with E-state index in [0.717, 1.165) is 12.1 Å². The van der Waals surface area contributed by atoms with E-state index in [1.165, 1.54) is 17.1 Å². The second kappa shape index (κ2) is 8.84. The second-order valence-electron chi connectivity index (χ2n) is 7.32. The fourth-order valence-electron chi connectivity index (χ4n) is 3.56. The smallest absolute Gasteiger partial charge is 0.271 e. The number of likely N-dealkylation sites (N-methyl/N-ethyl adjacent to an activating group) is 1. The van der Waals surface area contributed by atoms with Gasteiger partial charge in [0.1, 0.15) is 5.82 Å². The van der Waals surface area contributed by atoms with Gasteiger partial charge in [-0.2, -0.15) is 15.0 Å². The minimum atomic E-state index is -0.685. The molecule has 11 heteroatoms. The summed E-state index contributed by atoms with van der Waals surface area (Å²) in [5.41, 5.74) is 7.02. The average molecular weight is 433 g/mol. The van der Waals surface area contributed by atoms with Gasteiger partial charge in [0.25, 0.3) is 5.91 Å². The highest BCUT2D eigenvalue weighted by atomic mass is 16.2. The van der Waals surface area contributed by atoms with Crippen molar-refractivity contribution >= 4 is 29.1 Å². The highest BCUT2D eigenvalue weighted by Crippen LogP contribution is 2.24. The zero-order valence-corrected chi connectivity index (χ0v) is 17.5. The molecule has 1 aliphatic rings. The molecule has 0 radical (unpaired) electrons. The minimum absolute atomic E-state index is 0.0369. The van der Waals surface area contributed by atoms with Crippen molar-refractivity contribution in [3.05, 3.63) is 61.2 Å². The first-order valence-electron chi connectivity index (χ1n) is 10.0. The molecule has 1 aromatic carbocycles. The van der Waals surface area contributed by atoms with Gasteiger partial charge in [0.15, 0.2) is 11.5 Å². The molecular formula is C21H23N9O2. The van der Waals surface area contributed by atoms with E-state index in [1.807, 2.05) is 36.2 Å². The molecule has 1 atom stereocenters. The lowest BCUT2D eigenvalue weighted by molar-refractivity contribution is -0.125. The number of nitrogens with two attached hydrogens (primary N) is 1. The Morgan fingerprint density at radius 2 is 1.97 bits per heavy atom. The Balaban J connectivity index is 1.55. The summed E-state index contributed by atoms with van der Waals surface area (Å²) in [7, 11) is 1.89. The van der Waals surface area contributed by atoms with Gasteiger partial charge in [0.05, 0.1) is 24.3 Å². The van der Waals surface area contributed by atoms with Crippen LogP contribution in [-0.4, -0.2) is 67.9 Å². The number of primary amides is 1. The molecular weight excluding hydrogens is 410 g/mol. The molecule has 2 aromatic heterocycles. The van der Waals surface area contributed by atoms with Crippen molar-refractivity contribution in [3.63, 3.8) is 0 Å². The van der Waals surface area contributed by atoms with Crippen LogP contribution in [0, 0.1) is 0 Å². The van der Waals surface area contributed by atoms with E-state index in [9.17, 15) is 9.59 Å². The summed E-state index contributed by atoms with van der Waals surface area (Å²) in [6, 6.07) is 7.37. The maximum absolute atomic E-state index is 11.9. The van der Waals surface area contributed by atoms with E-state index in [1.54, 1.807) is 17.3 Å². The van der Waals surface area contributed by atoms with Gasteiger partial charge in [-0.15, -0.1) is 0 Å². The minimum Gasteiger partial charge on any atom is -0.364 e. The van der Waals surface area contributed by atoms with E-state index < -0.39 is 5.91 Å². The van der Waals surface area contributed by atoms with Crippen molar-refractivity contribution in [2.45, 2.75) is 12.5 Å². The fraction of sp³-hybridized carbons (Fsp3) is 0.238. The summed E-state index contributed by atoms with van der Waals surface area (Å²) in [5, 5.41) is 11.3. The Labute approximate surface area is 184 Å². The molecule has 0 spiro atoms. The van der Waals surface area contributed by atoms with Crippen molar-refractivity contribution < 1.29 is 9.59 Å². The summed E-state index contributed by atoms with van der Waals surface area (Å²) in [4.78, 5) is 37.8. The van der Waals surface area contributed by atoms with Crippen LogP contribution in [-0.2, 0) is 4.79 Å². The van der Waals surface area contributed by atoms with Gasteiger partial charge < -0.3 is 20.9 Å². The van der Waals surface area contributed by atoms with Gasteiger partial charge in [-0.25, -0.2) is 9.97 Å². The number of likely N-dealkylation sites (tertiary alicyclic amines) is 1. The van der Waals surface area contributed by atoms with Gasteiger partial charge in [-0.1, -0.05) is 6.58 Å². The molecule has 0 bridgehead atoms. The van der Waals surface area contributed by atoms with Crippen molar-refractivity contribution in [1.29, 1.82) is 0 Å². The van der Waals surface area contributed by atoms with E-state index in [2.05, 4.69) is 32.1 Å². The number of nitrogens with one attached hydrogen (secondary N) is 1. The normalized spacial score (nSPS) is 15.4. The predicted molar refractivity (Wildman–Crippen MR) is 119 cm³/mol. The fourth-order valence-corrected chi connectivity index (χ4v) is 3.56. The van der Waals surface area contributed by atoms with Crippen molar-refractivity contribution in [3.8, 4) is 5.69 Å². The average Bonchev–Trinajstić information content (AvgIpc) is 3.51. The molecule has 11 nitrogen and oxygen atoms in total. The maximum atomic E-state index is 11.9. The largest absolute Gasteiger partial charge is 0.364 e. The first-order chi connectivity index (χ1) is 15.5. The predicted octanol–water partition coefficient (Wildman–Crippen LogP) is 1.12. The lowest BCUT2D eigenvalue weighted by Gasteiger charge is -2.26.